The minimum Gasteiger partial charge on any atom is -0.396 e. The molecule has 3 nitrogen and oxygen atoms in total. The van der Waals surface area contributed by atoms with Crippen molar-refractivity contribution in [1.82, 2.24) is 10.3 Å². The number of rotatable bonds is 5. The Morgan fingerprint density at radius 1 is 1.04 bits per heavy atom. The number of aliphatic hydroxyl groups is 1. The van der Waals surface area contributed by atoms with Crippen LogP contribution in [0.2, 0.25) is 0 Å². The summed E-state index contributed by atoms with van der Waals surface area (Å²) in [7, 11) is 0. The number of aromatic nitrogens is 1. The predicted molar refractivity (Wildman–Crippen MR) is 96.7 cm³/mol. The average molecular weight is 376 g/mol. The summed E-state index contributed by atoms with van der Waals surface area (Å²) >= 11 is 0. The lowest BCUT2D eigenvalue weighted by Crippen LogP contribution is -2.42. The molecule has 2 aromatic rings. The fourth-order valence-corrected chi connectivity index (χ4v) is 4.78. The Labute approximate surface area is 156 Å². The van der Waals surface area contributed by atoms with E-state index < -0.39 is 11.7 Å². The number of hydrogen-bond acceptors (Lipinski definition) is 3. The van der Waals surface area contributed by atoms with Gasteiger partial charge in [0, 0.05) is 30.7 Å². The van der Waals surface area contributed by atoms with E-state index in [2.05, 4.69) is 10.3 Å². The van der Waals surface area contributed by atoms with E-state index in [1.165, 1.54) is 31.4 Å². The lowest BCUT2D eigenvalue weighted by atomic mass is 9.85. The highest BCUT2D eigenvalue weighted by Crippen LogP contribution is 2.48. The summed E-state index contributed by atoms with van der Waals surface area (Å²) in [4.78, 5) is 4.60. The van der Waals surface area contributed by atoms with Gasteiger partial charge in [-0.15, -0.1) is 0 Å². The number of halogens is 3. The number of nitrogens with one attached hydrogen (secondary N) is 1. The van der Waals surface area contributed by atoms with Crippen LogP contribution in [0.1, 0.15) is 30.5 Å². The van der Waals surface area contributed by atoms with Crippen LogP contribution in [-0.2, 0) is 12.7 Å². The van der Waals surface area contributed by atoms with Gasteiger partial charge in [0.15, 0.2) is 0 Å². The second kappa shape index (κ2) is 7.24. The Bertz CT molecular complexity index is 791. The topological polar surface area (TPSA) is 45.1 Å². The molecule has 6 heteroatoms. The summed E-state index contributed by atoms with van der Waals surface area (Å²) in [5, 5.41) is 13.3. The third-order valence-corrected chi connectivity index (χ3v) is 6.13. The van der Waals surface area contributed by atoms with E-state index in [1.54, 1.807) is 6.07 Å². The first kappa shape index (κ1) is 18.4. The van der Waals surface area contributed by atoms with Gasteiger partial charge < -0.3 is 10.4 Å². The van der Waals surface area contributed by atoms with Crippen LogP contribution in [-0.4, -0.2) is 22.7 Å². The van der Waals surface area contributed by atoms with Crippen LogP contribution < -0.4 is 5.32 Å². The summed E-state index contributed by atoms with van der Waals surface area (Å²) < 4.78 is 38.2. The molecule has 0 unspecified atom stereocenters. The van der Waals surface area contributed by atoms with E-state index in [0.717, 1.165) is 17.8 Å². The minimum atomic E-state index is -4.33. The third-order valence-electron chi connectivity index (χ3n) is 6.13. The Balaban J connectivity index is 1.45. The quantitative estimate of drug-likeness (QED) is 0.819. The van der Waals surface area contributed by atoms with Gasteiger partial charge in [-0.05, 0) is 55.4 Å². The molecular weight excluding hydrogens is 353 g/mol. The Morgan fingerprint density at radius 3 is 2.48 bits per heavy atom. The number of benzene rings is 1. The maximum atomic E-state index is 12.7. The van der Waals surface area contributed by atoms with E-state index in [-0.39, 0.29) is 6.61 Å². The van der Waals surface area contributed by atoms with Crippen LogP contribution in [0.4, 0.5) is 13.2 Å². The Kier molecular flexibility index (Phi) is 4.95. The second-order valence-corrected chi connectivity index (χ2v) is 7.68. The molecule has 4 atom stereocenters. The zero-order valence-corrected chi connectivity index (χ0v) is 14.9. The van der Waals surface area contributed by atoms with Gasteiger partial charge in [-0.3, -0.25) is 4.98 Å². The predicted octanol–water partition coefficient (Wildman–Crippen LogP) is 4.26. The van der Waals surface area contributed by atoms with Crippen molar-refractivity contribution in [2.75, 3.05) is 6.61 Å². The van der Waals surface area contributed by atoms with Crippen LogP contribution in [0, 0.1) is 17.8 Å². The molecule has 1 heterocycles. The van der Waals surface area contributed by atoms with Crippen LogP contribution in [0.25, 0.3) is 11.3 Å². The number of pyridine rings is 1. The summed E-state index contributed by atoms with van der Waals surface area (Å²) in [5.74, 6) is 1.58. The van der Waals surface area contributed by atoms with Crippen molar-refractivity contribution >= 4 is 0 Å². The molecule has 1 aromatic heterocycles. The highest BCUT2D eigenvalue weighted by atomic mass is 19.4. The Morgan fingerprint density at radius 2 is 1.78 bits per heavy atom. The van der Waals surface area contributed by atoms with Crippen molar-refractivity contribution in [3.8, 4) is 11.3 Å². The van der Waals surface area contributed by atoms with Gasteiger partial charge in [0.05, 0.1) is 17.0 Å². The molecule has 144 valence electrons. The SMILES string of the molecule is OC[C@@H]1[C@@H]2CC[C@@H](C2)[C@H]1NCc1cccc(-c2ccc(C(F)(F)F)cc2)n1. The van der Waals surface area contributed by atoms with Crippen molar-refractivity contribution in [2.45, 2.75) is 38.0 Å². The molecular formula is C21H23F3N2O. The van der Waals surface area contributed by atoms with Crippen LogP contribution in [0.5, 0.6) is 0 Å². The fraction of sp³-hybridized carbons (Fsp3) is 0.476. The molecule has 0 aliphatic heterocycles. The molecule has 2 N–H and O–H groups in total. The van der Waals surface area contributed by atoms with Gasteiger partial charge in [0.25, 0.3) is 0 Å². The standard InChI is InChI=1S/C21H23F3N2O/c22-21(23,24)16-8-6-13(7-9-16)19-3-1-2-17(26-19)11-25-20-15-5-4-14(10-15)18(20)12-27/h1-3,6-9,14-15,18,20,25,27H,4-5,10-12H2/t14-,15+,18-,20-/m1/s1. The largest absolute Gasteiger partial charge is 0.416 e. The number of aliphatic hydroxyl groups excluding tert-OH is 1. The van der Waals surface area contributed by atoms with Crippen molar-refractivity contribution in [1.29, 1.82) is 0 Å². The smallest absolute Gasteiger partial charge is 0.396 e. The molecule has 1 aromatic carbocycles. The maximum Gasteiger partial charge on any atom is 0.416 e. The number of alkyl halides is 3. The first-order chi connectivity index (χ1) is 13.0. The molecule has 0 spiro atoms. The van der Waals surface area contributed by atoms with Gasteiger partial charge in [0.2, 0.25) is 0 Å². The van der Waals surface area contributed by atoms with E-state index in [0.29, 0.717) is 41.6 Å². The van der Waals surface area contributed by atoms with E-state index in [9.17, 15) is 18.3 Å². The van der Waals surface area contributed by atoms with E-state index in [4.69, 9.17) is 0 Å². The molecule has 0 saturated heterocycles. The van der Waals surface area contributed by atoms with Gasteiger partial charge in [-0.2, -0.15) is 13.2 Å². The monoisotopic (exact) mass is 376 g/mol. The summed E-state index contributed by atoms with van der Waals surface area (Å²) in [6.07, 6.45) is -0.697. The first-order valence-corrected chi connectivity index (χ1v) is 9.43. The average Bonchev–Trinajstić information content (AvgIpc) is 3.27. The molecule has 2 bridgehead atoms. The number of hydrogen-bond donors (Lipinski definition) is 2. The zero-order valence-electron chi connectivity index (χ0n) is 14.9. The van der Waals surface area contributed by atoms with Crippen LogP contribution in [0.15, 0.2) is 42.5 Å². The lowest BCUT2D eigenvalue weighted by molar-refractivity contribution is -0.137. The molecule has 2 aliphatic carbocycles. The molecule has 2 saturated carbocycles. The molecule has 0 radical (unpaired) electrons. The summed E-state index contributed by atoms with van der Waals surface area (Å²) in [6, 6.07) is 11.0. The Hall–Kier alpha value is -1.92. The molecule has 2 aliphatic rings. The molecule has 0 amide bonds. The number of nitrogens with zero attached hydrogens (tertiary/aromatic N) is 1. The van der Waals surface area contributed by atoms with Gasteiger partial charge in [0.1, 0.15) is 0 Å². The van der Waals surface area contributed by atoms with E-state index >= 15 is 0 Å². The van der Waals surface area contributed by atoms with Crippen molar-refractivity contribution in [3.05, 3.63) is 53.7 Å². The normalized spacial score (nSPS) is 27.3. The summed E-state index contributed by atoms with van der Waals surface area (Å²) in [6.45, 7) is 0.816. The highest BCUT2D eigenvalue weighted by molar-refractivity contribution is 5.59. The van der Waals surface area contributed by atoms with Gasteiger partial charge in [-0.1, -0.05) is 18.2 Å². The molecule has 27 heavy (non-hydrogen) atoms. The van der Waals surface area contributed by atoms with Gasteiger partial charge >= 0.3 is 6.18 Å². The fourth-order valence-electron chi connectivity index (χ4n) is 4.78. The molecule has 2 fully saturated rings. The third kappa shape index (κ3) is 3.73. The first-order valence-electron chi connectivity index (χ1n) is 9.43. The van der Waals surface area contributed by atoms with Crippen LogP contribution in [0.3, 0.4) is 0 Å². The lowest BCUT2D eigenvalue weighted by Gasteiger charge is -2.30. The highest BCUT2D eigenvalue weighted by Gasteiger charge is 2.46. The maximum absolute atomic E-state index is 12.7. The van der Waals surface area contributed by atoms with E-state index in [1.807, 2.05) is 12.1 Å². The minimum absolute atomic E-state index is 0.220. The zero-order chi connectivity index (χ0) is 19.0. The van der Waals surface area contributed by atoms with Crippen molar-refractivity contribution in [2.24, 2.45) is 17.8 Å². The summed E-state index contributed by atoms with van der Waals surface area (Å²) in [5.41, 5.74) is 1.52. The number of fused-ring (bicyclic) bond motifs is 2. The van der Waals surface area contributed by atoms with Gasteiger partial charge in [-0.25, -0.2) is 0 Å². The van der Waals surface area contributed by atoms with Crippen molar-refractivity contribution < 1.29 is 18.3 Å². The van der Waals surface area contributed by atoms with Crippen molar-refractivity contribution in [3.63, 3.8) is 0 Å². The molecule has 4 rings (SSSR count). The van der Waals surface area contributed by atoms with Crippen LogP contribution >= 0.6 is 0 Å². The second-order valence-electron chi connectivity index (χ2n) is 7.68.